The molecule has 0 aliphatic rings. The number of Topliss-reactive ketones (excluding diaryl/α,β-unsaturated/α-hetero) is 1. The molecule has 13 heavy (non-hydrogen) atoms. The maximum Gasteiger partial charge on any atom is 0.183 e. The van der Waals surface area contributed by atoms with Gasteiger partial charge in [-0.1, -0.05) is 5.57 Å². The molecule has 0 radical (unpaired) electrons. The molecule has 0 bridgehead atoms. The summed E-state index contributed by atoms with van der Waals surface area (Å²) >= 11 is 0. The Bertz CT molecular complexity index is 325. The number of hydrogen-bond acceptors (Lipinski definition) is 2. The summed E-state index contributed by atoms with van der Waals surface area (Å²) in [6.45, 7) is 5.67. The Kier molecular flexibility index (Phi) is 3.01. The van der Waals surface area contributed by atoms with E-state index in [1.54, 1.807) is 17.1 Å². The number of carbonyl (C=O) groups excluding carboxylic acids is 1. The maximum absolute atomic E-state index is 11.4. The third-order valence-corrected chi connectivity index (χ3v) is 1.77. The molecule has 0 fully saturated rings. The van der Waals surface area contributed by atoms with Crippen molar-refractivity contribution in [3.63, 3.8) is 0 Å². The van der Waals surface area contributed by atoms with Crippen molar-refractivity contribution in [3.05, 3.63) is 30.4 Å². The Labute approximate surface area is 78.1 Å². The fraction of sp³-hybridized carbons (Fsp3) is 0.400. The van der Waals surface area contributed by atoms with Crippen LogP contribution in [0.3, 0.4) is 0 Å². The van der Waals surface area contributed by atoms with Crippen molar-refractivity contribution < 1.29 is 4.79 Å². The first-order valence-electron chi connectivity index (χ1n) is 4.25. The number of imidazole rings is 1. The highest BCUT2D eigenvalue weighted by molar-refractivity contribution is 5.94. The van der Waals surface area contributed by atoms with E-state index in [-0.39, 0.29) is 5.78 Å². The van der Waals surface area contributed by atoms with E-state index in [1.165, 1.54) is 0 Å². The minimum absolute atomic E-state index is 0.0867. The largest absolute Gasteiger partial charge is 0.340 e. The molecule has 0 aliphatic carbocycles. The van der Waals surface area contributed by atoms with E-state index in [1.807, 2.05) is 14.0 Å². The van der Waals surface area contributed by atoms with Crippen molar-refractivity contribution in [2.24, 2.45) is 7.05 Å². The van der Waals surface area contributed by atoms with Gasteiger partial charge in [-0.15, -0.1) is 6.58 Å². The zero-order valence-corrected chi connectivity index (χ0v) is 8.08. The molecule has 0 amide bonds. The summed E-state index contributed by atoms with van der Waals surface area (Å²) in [5.74, 6) is 0.0867. The Balaban J connectivity index is 2.54. The molecule has 0 atom stereocenters. The minimum atomic E-state index is 0.0867. The lowest BCUT2D eigenvalue weighted by atomic mass is 10.1. The molecule has 0 saturated carbocycles. The van der Waals surface area contributed by atoms with E-state index in [9.17, 15) is 4.79 Å². The minimum Gasteiger partial charge on any atom is -0.340 e. The second kappa shape index (κ2) is 4.03. The Morgan fingerprint density at radius 3 is 2.77 bits per heavy atom. The summed E-state index contributed by atoms with van der Waals surface area (Å²) in [5.41, 5.74) is 1.58. The van der Waals surface area contributed by atoms with Gasteiger partial charge in [-0.2, -0.15) is 0 Å². The fourth-order valence-corrected chi connectivity index (χ4v) is 1.01. The quantitative estimate of drug-likeness (QED) is 0.521. The van der Waals surface area contributed by atoms with Gasteiger partial charge in [0.15, 0.2) is 5.78 Å². The number of hydrogen-bond donors (Lipinski definition) is 0. The summed E-state index contributed by atoms with van der Waals surface area (Å²) in [6.07, 6.45) is 4.62. The summed E-state index contributed by atoms with van der Waals surface area (Å²) in [4.78, 5) is 15.4. The number of aryl methyl sites for hydroxylation is 1. The summed E-state index contributed by atoms with van der Waals surface area (Å²) < 4.78 is 1.77. The van der Waals surface area contributed by atoms with E-state index >= 15 is 0 Å². The number of allylic oxidation sites excluding steroid dienone is 1. The summed E-state index contributed by atoms with van der Waals surface area (Å²) in [5, 5.41) is 0. The normalized spacial score (nSPS) is 10.0. The first kappa shape index (κ1) is 9.71. The van der Waals surface area contributed by atoms with Gasteiger partial charge in [-0.3, -0.25) is 4.79 Å². The average molecular weight is 178 g/mol. The van der Waals surface area contributed by atoms with Crippen LogP contribution in [0.2, 0.25) is 0 Å². The van der Waals surface area contributed by atoms with Gasteiger partial charge in [0, 0.05) is 19.7 Å². The van der Waals surface area contributed by atoms with Gasteiger partial charge in [0.05, 0.1) is 6.33 Å². The van der Waals surface area contributed by atoms with Crippen molar-refractivity contribution in [2.45, 2.75) is 19.8 Å². The Morgan fingerprint density at radius 1 is 1.62 bits per heavy atom. The Morgan fingerprint density at radius 2 is 2.31 bits per heavy atom. The van der Waals surface area contributed by atoms with Crippen molar-refractivity contribution in [3.8, 4) is 0 Å². The SMILES string of the molecule is C=C(C)CCC(=O)c1cn(C)cn1. The zero-order chi connectivity index (χ0) is 9.84. The topological polar surface area (TPSA) is 34.9 Å². The van der Waals surface area contributed by atoms with Crippen LogP contribution in [0.25, 0.3) is 0 Å². The zero-order valence-electron chi connectivity index (χ0n) is 8.08. The summed E-state index contributed by atoms with van der Waals surface area (Å²) in [6, 6.07) is 0. The van der Waals surface area contributed by atoms with Crippen LogP contribution in [0.15, 0.2) is 24.7 Å². The van der Waals surface area contributed by atoms with Crippen molar-refractivity contribution in [2.75, 3.05) is 0 Å². The van der Waals surface area contributed by atoms with E-state index < -0.39 is 0 Å². The second-order valence-corrected chi connectivity index (χ2v) is 3.30. The molecule has 3 nitrogen and oxygen atoms in total. The fourth-order valence-electron chi connectivity index (χ4n) is 1.01. The predicted molar refractivity (Wildman–Crippen MR) is 51.6 cm³/mol. The lowest BCUT2D eigenvalue weighted by molar-refractivity contribution is 0.0978. The van der Waals surface area contributed by atoms with Crippen LogP contribution in [0.4, 0.5) is 0 Å². The van der Waals surface area contributed by atoms with Crippen LogP contribution < -0.4 is 0 Å². The monoisotopic (exact) mass is 178 g/mol. The van der Waals surface area contributed by atoms with Crippen LogP contribution in [0.5, 0.6) is 0 Å². The van der Waals surface area contributed by atoms with Crippen LogP contribution in [-0.2, 0) is 7.05 Å². The van der Waals surface area contributed by atoms with Gasteiger partial charge < -0.3 is 4.57 Å². The van der Waals surface area contributed by atoms with Crippen molar-refractivity contribution in [1.82, 2.24) is 9.55 Å². The molecular weight excluding hydrogens is 164 g/mol. The molecule has 1 aromatic heterocycles. The Hall–Kier alpha value is -1.38. The molecule has 0 unspecified atom stereocenters. The molecule has 1 aromatic rings. The lowest BCUT2D eigenvalue weighted by Crippen LogP contribution is -1.99. The number of aromatic nitrogens is 2. The van der Waals surface area contributed by atoms with Gasteiger partial charge in [0.25, 0.3) is 0 Å². The molecule has 0 spiro atoms. The average Bonchev–Trinajstić information content (AvgIpc) is 2.47. The van der Waals surface area contributed by atoms with Crippen molar-refractivity contribution in [1.29, 1.82) is 0 Å². The number of carbonyl (C=O) groups is 1. The van der Waals surface area contributed by atoms with E-state index in [0.717, 1.165) is 12.0 Å². The van der Waals surface area contributed by atoms with Gasteiger partial charge in [0.1, 0.15) is 5.69 Å². The third kappa shape index (κ3) is 2.86. The van der Waals surface area contributed by atoms with Crippen LogP contribution in [0, 0.1) is 0 Å². The molecule has 3 heteroatoms. The van der Waals surface area contributed by atoms with E-state index in [2.05, 4.69) is 11.6 Å². The predicted octanol–water partition coefficient (Wildman–Crippen LogP) is 1.96. The van der Waals surface area contributed by atoms with Crippen LogP contribution in [-0.4, -0.2) is 15.3 Å². The molecule has 1 heterocycles. The lowest BCUT2D eigenvalue weighted by Gasteiger charge is -1.96. The van der Waals surface area contributed by atoms with E-state index in [0.29, 0.717) is 12.1 Å². The van der Waals surface area contributed by atoms with Gasteiger partial charge >= 0.3 is 0 Å². The first-order chi connectivity index (χ1) is 6.09. The summed E-state index contributed by atoms with van der Waals surface area (Å²) in [7, 11) is 1.85. The van der Waals surface area contributed by atoms with Gasteiger partial charge in [-0.25, -0.2) is 4.98 Å². The molecular formula is C10H14N2O. The van der Waals surface area contributed by atoms with Gasteiger partial charge in [0.2, 0.25) is 0 Å². The molecule has 0 aliphatic heterocycles. The molecule has 70 valence electrons. The molecule has 1 rings (SSSR count). The maximum atomic E-state index is 11.4. The third-order valence-electron chi connectivity index (χ3n) is 1.77. The highest BCUT2D eigenvalue weighted by atomic mass is 16.1. The smallest absolute Gasteiger partial charge is 0.183 e. The number of nitrogens with zero attached hydrogens (tertiary/aromatic N) is 2. The van der Waals surface area contributed by atoms with Crippen LogP contribution in [0.1, 0.15) is 30.3 Å². The first-order valence-corrected chi connectivity index (χ1v) is 4.25. The molecule has 0 aromatic carbocycles. The highest BCUT2D eigenvalue weighted by Crippen LogP contribution is 2.06. The van der Waals surface area contributed by atoms with Gasteiger partial charge in [-0.05, 0) is 13.3 Å². The van der Waals surface area contributed by atoms with Crippen LogP contribution >= 0.6 is 0 Å². The number of ketones is 1. The molecule has 0 saturated heterocycles. The standard InChI is InChI=1S/C10H14N2O/c1-8(2)4-5-10(13)9-6-12(3)7-11-9/h6-7H,1,4-5H2,2-3H3. The van der Waals surface area contributed by atoms with Crippen molar-refractivity contribution >= 4 is 5.78 Å². The number of rotatable bonds is 4. The van der Waals surface area contributed by atoms with E-state index in [4.69, 9.17) is 0 Å². The highest BCUT2D eigenvalue weighted by Gasteiger charge is 2.07. The molecule has 0 N–H and O–H groups in total. The second-order valence-electron chi connectivity index (χ2n) is 3.30.